The van der Waals surface area contributed by atoms with Gasteiger partial charge in [-0.1, -0.05) is 0 Å². The SMILES string of the molecule is COc1cc(NCC(O)CCl)ccc1N1CCOCC1. The number of aliphatic hydroxyl groups excluding tert-OH is 1. The molecule has 0 spiro atoms. The van der Waals surface area contributed by atoms with Gasteiger partial charge in [-0.2, -0.15) is 0 Å². The maximum atomic E-state index is 9.46. The molecule has 1 unspecified atom stereocenters. The van der Waals surface area contributed by atoms with Crippen molar-refractivity contribution < 1.29 is 14.6 Å². The molecule has 1 aliphatic heterocycles. The third-order valence-electron chi connectivity index (χ3n) is 3.25. The molecule has 0 saturated carbocycles. The Morgan fingerprint density at radius 3 is 2.85 bits per heavy atom. The number of benzene rings is 1. The van der Waals surface area contributed by atoms with Gasteiger partial charge in [0.1, 0.15) is 5.75 Å². The van der Waals surface area contributed by atoms with Crippen LogP contribution in [0.1, 0.15) is 0 Å². The van der Waals surface area contributed by atoms with E-state index in [9.17, 15) is 5.11 Å². The molecule has 1 atom stereocenters. The largest absolute Gasteiger partial charge is 0.495 e. The van der Waals surface area contributed by atoms with Gasteiger partial charge in [0.2, 0.25) is 0 Å². The van der Waals surface area contributed by atoms with Crippen LogP contribution in [0.2, 0.25) is 0 Å². The number of ether oxygens (including phenoxy) is 2. The topological polar surface area (TPSA) is 54.0 Å². The minimum atomic E-state index is -0.554. The molecule has 1 fully saturated rings. The van der Waals surface area contributed by atoms with Crippen molar-refractivity contribution >= 4 is 23.0 Å². The zero-order chi connectivity index (χ0) is 14.4. The van der Waals surface area contributed by atoms with Crippen LogP contribution in [0.5, 0.6) is 5.75 Å². The number of rotatable bonds is 6. The highest BCUT2D eigenvalue weighted by molar-refractivity contribution is 6.18. The number of nitrogens with one attached hydrogen (secondary N) is 1. The van der Waals surface area contributed by atoms with E-state index >= 15 is 0 Å². The van der Waals surface area contributed by atoms with Gasteiger partial charge in [0.25, 0.3) is 0 Å². The Hall–Kier alpha value is -1.17. The molecule has 0 radical (unpaired) electrons. The lowest BCUT2D eigenvalue weighted by molar-refractivity contribution is 0.122. The second kappa shape index (κ2) is 7.57. The molecule has 6 heteroatoms. The number of aliphatic hydroxyl groups is 1. The highest BCUT2D eigenvalue weighted by Crippen LogP contribution is 2.31. The monoisotopic (exact) mass is 300 g/mol. The zero-order valence-electron chi connectivity index (χ0n) is 11.6. The Kier molecular flexibility index (Phi) is 5.76. The van der Waals surface area contributed by atoms with Crippen LogP contribution in [0, 0.1) is 0 Å². The Morgan fingerprint density at radius 2 is 2.20 bits per heavy atom. The summed E-state index contributed by atoms with van der Waals surface area (Å²) in [6, 6.07) is 5.94. The molecule has 1 aliphatic rings. The van der Waals surface area contributed by atoms with E-state index in [0.29, 0.717) is 6.54 Å². The third-order valence-corrected chi connectivity index (χ3v) is 3.61. The standard InChI is InChI=1S/C14H21ClN2O3/c1-19-14-8-11(16-10-12(18)9-15)2-3-13(14)17-4-6-20-7-5-17/h2-3,8,12,16,18H,4-7,9-10H2,1H3. The lowest BCUT2D eigenvalue weighted by Gasteiger charge is -2.30. The molecule has 5 nitrogen and oxygen atoms in total. The number of morpholine rings is 1. The second-order valence-electron chi connectivity index (χ2n) is 4.68. The van der Waals surface area contributed by atoms with Gasteiger partial charge in [-0.05, 0) is 12.1 Å². The average Bonchev–Trinajstić information content (AvgIpc) is 2.53. The summed E-state index contributed by atoms with van der Waals surface area (Å²) in [5, 5.41) is 12.6. The molecule has 20 heavy (non-hydrogen) atoms. The van der Waals surface area contributed by atoms with E-state index < -0.39 is 6.10 Å². The summed E-state index contributed by atoms with van der Waals surface area (Å²) in [7, 11) is 1.66. The Bertz CT molecular complexity index is 425. The number of hydrogen-bond acceptors (Lipinski definition) is 5. The molecule has 0 aromatic heterocycles. The molecule has 0 aliphatic carbocycles. The molecule has 1 heterocycles. The Labute approximate surface area is 124 Å². The zero-order valence-corrected chi connectivity index (χ0v) is 12.4. The van der Waals surface area contributed by atoms with Crippen LogP contribution < -0.4 is 15.0 Å². The fraction of sp³-hybridized carbons (Fsp3) is 0.571. The fourth-order valence-electron chi connectivity index (χ4n) is 2.14. The van der Waals surface area contributed by atoms with Crippen LogP contribution in [0.4, 0.5) is 11.4 Å². The van der Waals surface area contributed by atoms with Gasteiger partial charge in [0, 0.05) is 31.4 Å². The van der Waals surface area contributed by atoms with Gasteiger partial charge >= 0.3 is 0 Å². The fourth-order valence-corrected chi connectivity index (χ4v) is 2.25. The first-order valence-electron chi connectivity index (χ1n) is 6.73. The quantitative estimate of drug-likeness (QED) is 0.781. The van der Waals surface area contributed by atoms with Crippen molar-refractivity contribution in [3.63, 3.8) is 0 Å². The van der Waals surface area contributed by atoms with Crippen molar-refractivity contribution in [2.75, 3.05) is 56.1 Å². The van der Waals surface area contributed by atoms with Crippen molar-refractivity contribution in [3.8, 4) is 5.75 Å². The minimum Gasteiger partial charge on any atom is -0.495 e. The molecule has 2 rings (SSSR count). The van der Waals surface area contributed by atoms with Gasteiger partial charge in [-0.25, -0.2) is 0 Å². The number of methoxy groups -OCH3 is 1. The van der Waals surface area contributed by atoms with Gasteiger partial charge in [-0.15, -0.1) is 11.6 Å². The van der Waals surface area contributed by atoms with Crippen molar-refractivity contribution in [2.24, 2.45) is 0 Å². The van der Waals surface area contributed by atoms with E-state index in [1.54, 1.807) is 7.11 Å². The van der Waals surface area contributed by atoms with Crippen LogP contribution in [-0.4, -0.2) is 57.0 Å². The Balaban J connectivity index is 2.06. The first kappa shape index (κ1) is 15.2. The maximum Gasteiger partial charge on any atom is 0.144 e. The smallest absolute Gasteiger partial charge is 0.144 e. The van der Waals surface area contributed by atoms with E-state index in [1.807, 2.05) is 18.2 Å². The summed E-state index contributed by atoms with van der Waals surface area (Å²) in [6.07, 6.45) is -0.554. The molecule has 1 saturated heterocycles. The first-order chi connectivity index (χ1) is 9.74. The number of hydrogen-bond donors (Lipinski definition) is 2. The predicted octanol–water partition coefficient (Wildman–Crippen LogP) is 1.54. The van der Waals surface area contributed by atoms with E-state index in [0.717, 1.165) is 43.4 Å². The van der Waals surface area contributed by atoms with Crippen LogP contribution in [0.25, 0.3) is 0 Å². The van der Waals surface area contributed by atoms with Gasteiger partial charge in [0.05, 0.1) is 38.0 Å². The van der Waals surface area contributed by atoms with Crippen molar-refractivity contribution in [1.82, 2.24) is 0 Å². The molecule has 1 aromatic carbocycles. The van der Waals surface area contributed by atoms with E-state index in [1.165, 1.54) is 0 Å². The molecular formula is C14H21ClN2O3. The lowest BCUT2D eigenvalue weighted by atomic mass is 10.2. The molecule has 2 N–H and O–H groups in total. The summed E-state index contributed by atoms with van der Waals surface area (Å²) >= 11 is 5.57. The highest BCUT2D eigenvalue weighted by atomic mass is 35.5. The molecule has 1 aromatic rings. The van der Waals surface area contributed by atoms with Crippen LogP contribution in [0.15, 0.2) is 18.2 Å². The number of nitrogens with zero attached hydrogens (tertiary/aromatic N) is 1. The average molecular weight is 301 g/mol. The number of alkyl halides is 1. The highest BCUT2D eigenvalue weighted by Gasteiger charge is 2.15. The van der Waals surface area contributed by atoms with Gasteiger partial charge < -0.3 is 24.8 Å². The maximum absolute atomic E-state index is 9.46. The van der Waals surface area contributed by atoms with Crippen LogP contribution in [-0.2, 0) is 4.74 Å². The third kappa shape index (κ3) is 3.91. The first-order valence-corrected chi connectivity index (χ1v) is 7.26. The number of anilines is 2. The second-order valence-corrected chi connectivity index (χ2v) is 4.98. The number of halogens is 1. The van der Waals surface area contributed by atoms with E-state index in [-0.39, 0.29) is 5.88 Å². The normalized spacial score (nSPS) is 16.9. The summed E-state index contributed by atoms with van der Waals surface area (Å²) in [5.74, 6) is 1.04. The summed E-state index contributed by atoms with van der Waals surface area (Å²) in [4.78, 5) is 2.25. The van der Waals surface area contributed by atoms with Crippen molar-refractivity contribution in [2.45, 2.75) is 6.10 Å². The van der Waals surface area contributed by atoms with Gasteiger partial charge in [0.15, 0.2) is 0 Å². The Morgan fingerprint density at radius 1 is 1.45 bits per heavy atom. The predicted molar refractivity (Wildman–Crippen MR) is 81.2 cm³/mol. The molecule has 0 bridgehead atoms. The minimum absolute atomic E-state index is 0.218. The summed E-state index contributed by atoms with van der Waals surface area (Å²) in [5.41, 5.74) is 1.97. The summed E-state index contributed by atoms with van der Waals surface area (Å²) < 4.78 is 10.8. The molecule has 112 valence electrons. The van der Waals surface area contributed by atoms with Crippen molar-refractivity contribution in [1.29, 1.82) is 0 Å². The van der Waals surface area contributed by atoms with Gasteiger partial charge in [-0.3, -0.25) is 0 Å². The van der Waals surface area contributed by atoms with E-state index in [2.05, 4.69) is 10.2 Å². The van der Waals surface area contributed by atoms with Crippen LogP contribution >= 0.6 is 11.6 Å². The summed E-state index contributed by atoms with van der Waals surface area (Å²) in [6.45, 7) is 3.64. The molecule has 0 amide bonds. The lowest BCUT2D eigenvalue weighted by Crippen LogP contribution is -2.36. The van der Waals surface area contributed by atoms with E-state index in [4.69, 9.17) is 21.1 Å². The van der Waals surface area contributed by atoms with Crippen LogP contribution in [0.3, 0.4) is 0 Å². The molecular weight excluding hydrogens is 280 g/mol. The van der Waals surface area contributed by atoms with Crippen molar-refractivity contribution in [3.05, 3.63) is 18.2 Å².